The Balaban J connectivity index is 2.20. The van der Waals surface area contributed by atoms with Gasteiger partial charge in [0.25, 0.3) is 11.5 Å². The Morgan fingerprint density at radius 3 is 3.00 bits per heavy atom. The molecule has 0 spiro atoms. The minimum atomic E-state index is -1.16. The standard InChI is InChI=1S/C15H18FN3O6S/c16-5-12(21)17-3-1-2-9-6-19(15(23)18-14(9)22)13-4-10(24-8-26)11(7-20)25-13/h6,10-11,13,20,26H,3-5,7-8H2,(H,17,21)(H,18,22,23). The van der Waals surface area contributed by atoms with Gasteiger partial charge in [-0.25, -0.2) is 9.18 Å². The number of nitrogens with zero attached hydrogens (tertiary/aromatic N) is 1. The summed E-state index contributed by atoms with van der Waals surface area (Å²) >= 11 is 3.96. The first-order chi connectivity index (χ1) is 12.5. The summed E-state index contributed by atoms with van der Waals surface area (Å²) in [5.74, 6) is 4.31. The van der Waals surface area contributed by atoms with Crippen LogP contribution in [0.2, 0.25) is 0 Å². The number of ether oxygens (including phenoxy) is 2. The second kappa shape index (κ2) is 9.54. The third kappa shape index (κ3) is 4.95. The molecule has 3 unspecified atom stereocenters. The molecule has 11 heteroatoms. The average Bonchev–Trinajstić information content (AvgIpc) is 3.03. The van der Waals surface area contributed by atoms with Gasteiger partial charge in [-0.1, -0.05) is 11.8 Å². The summed E-state index contributed by atoms with van der Waals surface area (Å²) in [6, 6.07) is 0. The van der Waals surface area contributed by atoms with Crippen molar-refractivity contribution in [2.75, 3.05) is 25.8 Å². The second-order valence-electron chi connectivity index (χ2n) is 5.30. The highest BCUT2D eigenvalue weighted by atomic mass is 32.1. The number of halogens is 1. The SMILES string of the molecule is O=C(CF)NCC#Cc1cn(C2CC(OCS)C(CO)O2)c(=O)[nH]c1=O. The molecule has 1 aliphatic heterocycles. The quantitative estimate of drug-likeness (QED) is 0.268. The monoisotopic (exact) mass is 387 g/mol. The van der Waals surface area contributed by atoms with Crippen LogP contribution in [0.1, 0.15) is 18.2 Å². The van der Waals surface area contributed by atoms with Crippen LogP contribution in [0.25, 0.3) is 0 Å². The van der Waals surface area contributed by atoms with Gasteiger partial charge < -0.3 is 19.9 Å². The Kier molecular flexibility index (Phi) is 7.40. The smallest absolute Gasteiger partial charge is 0.330 e. The first kappa shape index (κ1) is 20.2. The maximum Gasteiger partial charge on any atom is 0.330 e. The Morgan fingerprint density at radius 1 is 1.58 bits per heavy atom. The van der Waals surface area contributed by atoms with Gasteiger partial charge in [0.1, 0.15) is 17.9 Å². The number of nitrogens with one attached hydrogen (secondary N) is 2. The maximum absolute atomic E-state index is 12.1. The predicted molar refractivity (Wildman–Crippen MR) is 91.5 cm³/mol. The average molecular weight is 387 g/mol. The lowest BCUT2D eigenvalue weighted by molar-refractivity contribution is -0.121. The van der Waals surface area contributed by atoms with Crippen LogP contribution in [0.5, 0.6) is 0 Å². The van der Waals surface area contributed by atoms with Crippen molar-refractivity contribution < 1.29 is 23.8 Å². The third-order valence-corrected chi connectivity index (χ3v) is 3.79. The topological polar surface area (TPSA) is 123 Å². The molecule has 2 heterocycles. The van der Waals surface area contributed by atoms with Gasteiger partial charge >= 0.3 is 5.69 Å². The summed E-state index contributed by atoms with van der Waals surface area (Å²) in [4.78, 5) is 36.8. The molecule has 1 saturated heterocycles. The van der Waals surface area contributed by atoms with E-state index in [9.17, 15) is 23.9 Å². The van der Waals surface area contributed by atoms with Crippen molar-refractivity contribution in [2.45, 2.75) is 24.9 Å². The molecule has 0 aromatic carbocycles. The third-order valence-electron chi connectivity index (χ3n) is 3.65. The predicted octanol–water partition coefficient (Wildman–Crippen LogP) is -1.47. The molecule has 1 aliphatic rings. The zero-order chi connectivity index (χ0) is 19.1. The van der Waals surface area contributed by atoms with Crippen LogP contribution < -0.4 is 16.6 Å². The molecule has 2 rings (SSSR count). The molecule has 3 atom stereocenters. The number of rotatable bonds is 6. The van der Waals surface area contributed by atoms with Crippen LogP contribution in [-0.2, 0) is 14.3 Å². The van der Waals surface area contributed by atoms with E-state index in [0.717, 1.165) is 4.57 Å². The number of thiol groups is 1. The molecule has 26 heavy (non-hydrogen) atoms. The van der Waals surface area contributed by atoms with Gasteiger partial charge in [-0.15, -0.1) is 0 Å². The molecular formula is C15H18FN3O6S. The summed E-state index contributed by atoms with van der Waals surface area (Å²) in [5, 5.41) is 11.5. The Hall–Kier alpha value is -2.13. The van der Waals surface area contributed by atoms with E-state index in [1.54, 1.807) is 0 Å². The number of aromatic nitrogens is 2. The molecule has 142 valence electrons. The molecule has 1 aromatic heterocycles. The lowest BCUT2D eigenvalue weighted by atomic mass is 10.2. The van der Waals surface area contributed by atoms with Gasteiger partial charge in [-0.2, -0.15) is 12.6 Å². The van der Waals surface area contributed by atoms with E-state index in [0.29, 0.717) is 0 Å². The fraction of sp³-hybridized carbons (Fsp3) is 0.533. The van der Waals surface area contributed by atoms with E-state index >= 15 is 0 Å². The largest absolute Gasteiger partial charge is 0.394 e. The van der Waals surface area contributed by atoms with Crippen LogP contribution in [0.15, 0.2) is 15.8 Å². The minimum Gasteiger partial charge on any atom is -0.394 e. The van der Waals surface area contributed by atoms with Crippen molar-refractivity contribution in [1.29, 1.82) is 0 Å². The molecule has 0 aliphatic carbocycles. The number of carbonyl (C=O) groups excluding carboxylic acids is 1. The highest BCUT2D eigenvalue weighted by molar-refractivity contribution is 7.80. The number of aromatic amines is 1. The van der Waals surface area contributed by atoms with E-state index in [1.807, 2.05) is 0 Å². The van der Waals surface area contributed by atoms with Crippen LogP contribution in [-0.4, -0.2) is 58.5 Å². The van der Waals surface area contributed by atoms with Gasteiger partial charge in [0.05, 0.1) is 25.2 Å². The van der Waals surface area contributed by atoms with Gasteiger partial charge in [0.2, 0.25) is 0 Å². The number of H-pyrrole nitrogens is 1. The Morgan fingerprint density at radius 2 is 2.35 bits per heavy atom. The normalized spacial score (nSPS) is 21.9. The number of aliphatic hydroxyl groups excluding tert-OH is 1. The summed E-state index contributed by atoms with van der Waals surface area (Å²) in [7, 11) is 0. The Labute approximate surface area is 152 Å². The molecule has 0 radical (unpaired) electrons. The van der Waals surface area contributed by atoms with Crippen molar-refractivity contribution in [3.05, 3.63) is 32.6 Å². The van der Waals surface area contributed by atoms with Crippen LogP contribution in [0, 0.1) is 11.8 Å². The fourth-order valence-corrected chi connectivity index (χ4v) is 2.62. The number of hydrogen-bond acceptors (Lipinski definition) is 7. The molecule has 1 fully saturated rings. The fourth-order valence-electron chi connectivity index (χ4n) is 2.42. The molecule has 1 amide bonds. The van der Waals surface area contributed by atoms with E-state index in [1.165, 1.54) is 6.20 Å². The summed E-state index contributed by atoms with van der Waals surface area (Å²) in [6.45, 7) is -1.60. The van der Waals surface area contributed by atoms with Gasteiger partial charge in [0.15, 0.2) is 6.67 Å². The van der Waals surface area contributed by atoms with Crippen molar-refractivity contribution in [3.8, 4) is 11.8 Å². The molecule has 3 N–H and O–H groups in total. The van der Waals surface area contributed by atoms with Crippen LogP contribution in [0.4, 0.5) is 4.39 Å². The van der Waals surface area contributed by atoms with Gasteiger partial charge in [0, 0.05) is 12.6 Å². The number of carbonyl (C=O) groups is 1. The van der Waals surface area contributed by atoms with Crippen LogP contribution in [0.3, 0.4) is 0 Å². The number of hydrogen-bond donors (Lipinski definition) is 4. The van der Waals surface area contributed by atoms with E-state index in [4.69, 9.17) is 9.47 Å². The van der Waals surface area contributed by atoms with Crippen molar-refractivity contribution in [2.24, 2.45) is 0 Å². The maximum atomic E-state index is 12.1. The van der Waals surface area contributed by atoms with E-state index in [-0.39, 0.29) is 31.1 Å². The highest BCUT2D eigenvalue weighted by Gasteiger charge is 2.37. The lowest BCUT2D eigenvalue weighted by Crippen LogP contribution is -2.33. The van der Waals surface area contributed by atoms with Crippen molar-refractivity contribution >= 4 is 18.5 Å². The van der Waals surface area contributed by atoms with Gasteiger partial charge in [-0.05, 0) is 0 Å². The number of alkyl halides is 1. The minimum absolute atomic E-state index is 0.0261. The van der Waals surface area contributed by atoms with Gasteiger partial charge in [-0.3, -0.25) is 19.1 Å². The van der Waals surface area contributed by atoms with E-state index < -0.39 is 42.3 Å². The lowest BCUT2D eigenvalue weighted by Gasteiger charge is -2.15. The summed E-state index contributed by atoms with van der Waals surface area (Å²) < 4.78 is 24.1. The Bertz CT molecular complexity index is 814. The molecular weight excluding hydrogens is 369 g/mol. The molecule has 0 bridgehead atoms. The number of amides is 1. The molecule has 1 aromatic rings. The van der Waals surface area contributed by atoms with Crippen molar-refractivity contribution in [1.82, 2.24) is 14.9 Å². The summed E-state index contributed by atoms with van der Waals surface area (Å²) in [5.41, 5.74) is -1.42. The highest BCUT2D eigenvalue weighted by Crippen LogP contribution is 2.29. The zero-order valence-corrected chi connectivity index (χ0v) is 14.5. The van der Waals surface area contributed by atoms with E-state index in [2.05, 4.69) is 34.8 Å². The second-order valence-corrected chi connectivity index (χ2v) is 5.56. The first-order valence-electron chi connectivity index (χ1n) is 7.66. The number of aliphatic hydroxyl groups is 1. The zero-order valence-electron chi connectivity index (χ0n) is 13.6. The van der Waals surface area contributed by atoms with Crippen molar-refractivity contribution in [3.63, 3.8) is 0 Å². The summed E-state index contributed by atoms with van der Waals surface area (Å²) in [6.07, 6.45) is -0.332. The van der Waals surface area contributed by atoms with Crippen LogP contribution >= 0.6 is 12.6 Å². The molecule has 0 saturated carbocycles. The molecule has 9 nitrogen and oxygen atoms in total. The first-order valence-corrected chi connectivity index (χ1v) is 8.29.